The van der Waals surface area contributed by atoms with Crippen LogP contribution in [0.15, 0.2) is 12.2 Å². The number of hydrogen-bond donors (Lipinski definition) is 0. The molecule has 0 spiro atoms. The van der Waals surface area contributed by atoms with Crippen molar-refractivity contribution in [3.8, 4) is 6.07 Å². The van der Waals surface area contributed by atoms with E-state index in [4.69, 9.17) is 5.26 Å². The maximum atomic E-state index is 10.6. The average molecular weight is 139 g/mol. The van der Waals surface area contributed by atoms with E-state index in [-0.39, 0.29) is 0 Å². The standard InChI is InChI=1S/C7H9NO2/c1-6(4-3-5-8)7(9)10-2/h1,3-4H2,2H3. The molecule has 3 nitrogen and oxygen atoms in total. The molecule has 0 aromatic heterocycles. The van der Waals surface area contributed by atoms with Gasteiger partial charge in [0.25, 0.3) is 0 Å². The Morgan fingerprint density at radius 3 is 2.80 bits per heavy atom. The molecule has 0 aromatic carbocycles. The molecule has 0 unspecified atom stereocenters. The smallest absolute Gasteiger partial charge is 0.333 e. The van der Waals surface area contributed by atoms with Gasteiger partial charge in [-0.15, -0.1) is 0 Å². The van der Waals surface area contributed by atoms with E-state index in [1.54, 1.807) is 0 Å². The lowest BCUT2D eigenvalue weighted by atomic mass is 10.2. The quantitative estimate of drug-likeness (QED) is 0.433. The third-order valence-corrected chi connectivity index (χ3v) is 1.01. The summed E-state index contributed by atoms with van der Waals surface area (Å²) < 4.78 is 4.36. The fourth-order valence-electron chi connectivity index (χ4n) is 0.453. The van der Waals surface area contributed by atoms with Gasteiger partial charge in [-0.05, 0) is 6.42 Å². The van der Waals surface area contributed by atoms with Crippen LogP contribution in [0.4, 0.5) is 0 Å². The van der Waals surface area contributed by atoms with E-state index in [0.29, 0.717) is 18.4 Å². The molecule has 54 valence electrons. The van der Waals surface area contributed by atoms with Crippen molar-refractivity contribution in [2.75, 3.05) is 7.11 Å². The van der Waals surface area contributed by atoms with Gasteiger partial charge in [0.1, 0.15) is 0 Å². The molecule has 0 aromatic rings. The van der Waals surface area contributed by atoms with Gasteiger partial charge in [0.05, 0.1) is 13.2 Å². The first-order valence-corrected chi connectivity index (χ1v) is 2.85. The number of ether oxygens (including phenoxy) is 1. The van der Waals surface area contributed by atoms with Crippen LogP contribution in [0.3, 0.4) is 0 Å². The first-order valence-electron chi connectivity index (χ1n) is 2.85. The van der Waals surface area contributed by atoms with Gasteiger partial charge in [-0.1, -0.05) is 6.58 Å². The Morgan fingerprint density at radius 1 is 1.80 bits per heavy atom. The van der Waals surface area contributed by atoms with Gasteiger partial charge in [0.2, 0.25) is 0 Å². The zero-order valence-electron chi connectivity index (χ0n) is 5.89. The summed E-state index contributed by atoms with van der Waals surface area (Å²) in [6, 6.07) is 1.91. The Kier molecular flexibility index (Phi) is 3.97. The molecule has 0 N–H and O–H groups in total. The van der Waals surface area contributed by atoms with Gasteiger partial charge in [-0.3, -0.25) is 0 Å². The summed E-state index contributed by atoms with van der Waals surface area (Å²) in [4.78, 5) is 10.6. The van der Waals surface area contributed by atoms with Gasteiger partial charge in [-0.25, -0.2) is 4.79 Å². The summed E-state index contributed by atoms with van der Waals surface area (Å²) in [5.74, 6) is -0.435. The molecule has 0 amide bonds. The van der Waals surface area contributed by atoms with Crippen molar-refractivity contribution in [3.05, 3.63) is 12.2 Å². The van der Waals surface area contributed by atoms with Gasteiger partial charge < -0.3 is 4.74 Å². The van der Waals surface area contributed by atoms with Crippen molar-refractivity contribution in [2.45, 2.75) is 12.8 Å². The fraction of sp³-hybridized carbons (Fsp3) is 0.429. The van der Waals surface area contributed by atoms with Crippen LogP contribution in [0, 0.1) is 11.3 Å². The van der Waals surface area contributed by atoms with Crippen molar-refractivity contribution >= 4 is 5.97 Å². The molecular weight excluding hydrogens is 130 g/mol. The zero-order chi connectivity index (χ0) is 7.98. The molecule has 0 aliphatic carbocycles. The third kappa shape index (κ3) is 2.88. The van der Waals surface area contributed by atoms with E-state index in [1.165, 1.54) is 7.11 Å². The molecule has 0 aliphatic heterocycles. The van der Waals surface area contributed by atoms with E-state index < -0.39 is 5.97 Å². The Bertz CT molecular complexity index is 179. The minimum atomic E-state index is -0.435. The minimum Gasteiger partial charge on any atom is -0.466 e. The lowest BCUT2D eigenvalue weighted by Gasteiger charge is -1.97. The maximum Gasteiger partial charge on any atom is 0.333 e. The number of hydrogen-bond acceptors (Lipinski definition) is 3. The van der Waals surface area contributed by atoms with Gasteiger partial charge in [0.15, 0.2) is 0 Å². The van der Waals surface area contributed by atoms with Gasteiger partial charge in [0, 0.05) is 12.0 Å². The number of carbonyl (C=O) groups is 1. The minimum absolute atomic E-state index is 0.313. The Hall–Kier alpha value is -1.30. The predicted molar refractivity (Wildman–Crippen MR) is 36.0 cm³/mol. The topological polar surface area (TPSA) is 50.1 Å². The van der Waals surface area contributed by atoms with Crippen molar-refractivity contribution in [1.82, 2.24) is 0 Å². The van der Waals surface area contributed by atoms with Gasteiger partial charge >= 0.3 is 5.97 Å². The normalized spacial score (nSPS) is 8.00. The molecule has 10 heavy (non-hydrogen) atoms. The Balaban J connectivity index is 3.65. The molecule has 0 saturated carbocycles. The van der Waals surface area contributed by atoms with Crippen molar-refractivity contribution < 1.29 is 9.53 Å². The SMILES string of the molecule is C=C(CCC#N)C(=O)OC. The largest absolute Gasteiger partial charge is 0.466 e. The third-order valence-electron chi connectivity index (χ3n) is 1.01. The van der Waals surface area contributed by atoms with E-state index in [1.807, 2.05) is 6.07 Å². The highest BCUT2D eigenvalue weighted by Gasteiger charge is 2.04. The molecule has 0 atom stereocenters. The summed E-state index contributed by atoms with van der Waals surface area (Å²) in [6.07, 6.45) is 0.705. The van der Waals surface area contributed by atoms with Crippen LogP contribution in [0.1, 0.15) is 12.8 Å². The Labute approximate surface area is 59.9 Å². The number of rotatable bonds is 3. The molecule has 3 heteroatoms. The maximum absolute atomic E-state index is 10.6. The molecule has 0 bridgehead atoms. The molecule has 0 aliphatic rings. The van der Waals surface area contributed by atoms with Crippen molar-refractivity contribution in [3.63, 3.8) is 0 Å². The molecule has 0 heterocycles. The highest BCUT2D eigenvalue weighted by atomic mass is 16.5. The lowest BCUT2D eigenvalue weighted by molar-refractivity contribution is -0.136. The van der Waals surface area contributed by atoms with Crippen molar-refractivity contribution in [1.29, 1.82) is 5.26 Å². The summed E-state index contributed by atoms with van der Waals surface area (Å²) >= 11 is 0. The van der Waals surface area contributed by atoms with E-state index in [0.717, 1.165) is 0 Å². The number of esters is 1. The molecule has 0 fully saturated rings. The van der Waals surface area contributed by atoms with E-state index in [9.17, 15) is 4.79 Å². The summed E-state index contributed by atoms with van der Waals surface area (Å²) in [7, 11) is 1.29. The van der Waals surface area contributed by atoms with E-state index in [2.05, 4.69) is 11.3 Å². The second-order valence-corrected chi connectivity index (χ2v) is 1.75. The van der Waals surface area contributed by atoms with Crippen LogP contribution in [0.5, 0.6) is 0 Å². The van der Waals surface area contributed by atoms with Crippen LogP contribution >= 0.6 is 0 Å². The predicted octanol–water partition coefficient (Wildman–Crippen LogP) is 1.02. The fourth-order valence-corrected chi connectivity index (χ4v) is 0.453. The van der Waals surface area contributed by atoms with Crippen LogP contribution < -0.4 is 0 Å². The van der Waals surface area contributed by atoms with Gasteiger partial charge in [-0.2, -0.15) is 5.26 Å². The average Bonchev–Trinajstić information content (AvgIpc) is 1.98. The molecule has 0 radical (unpaired) electrons. The lowest BCUT2D eigenvalue weighted by Crippen LogP contribution is -2.02. The highest BCUT2D eigenvalue weighted by molar-refractivity contribution is 5.87. The second kappa shape index (κ2) is 4.57. The number of nitriles is 1. The molecule has 0 saturated heterocycles. The van der Waals surface area contributed by atoms with Crippen LogP contribution in [-0.2, 0) is 9.53 Å². The van der Waals surface area contributed by atoms with Crippen LogP contribution in [0.2, 0.25) is 0 Å². The summed E-state index contributed by atoms with van der Waals surface area (Å²) in [5.41, 5.74) is 0.351. The molecule has 0 rings (SSSR count). The first-order chi connectivity index (χ1) is 4.72. The number of carbonyl (C=O) groups excluding carboxylic acids is 1. The second-order valence-electron chi connectivity index (χ2n) is 1.75. The zero-order valence-corrected chi connectivity index (χ0v) is 5.89. The monoisotopic (exact) mass is 139 g/mol. The molecular formula is C7H9NO2. The van der Waals surface area contributed by atoms with Crippen LogP contribution in [-0.4, -0.2) is 13.1 Å². The van der Waals surface area contributed by atoms with E-state index >= 15 is 0 Å². The summed E-state index contributed by atoms with van der Waals surface area (Å²) in [6.45, 7) is 3.44. The Morgan fingerprint density at radius 2 is 2.40 bits per heavy atom. The van der Waals surface area contributed by atoms with Crippen LogP contribution in [0.25, 0.3) is 0 Å². The van der Waals surface area contributed by atoms with Crippen molar-refractivity contribution in [2.24, 2.45) is 0 Å². The first kappa shape index (κ1) is 8.70. The summed E-state index contributed by atoms with van der Waals surface area (Å²) in [5, 5.41) is 8.13. The number of methoxy groups -OCH3 is 1. The highest BCUT2D eigenvalue weighted by Crippen LogP contribution is 2.02. The number of nitrogens with zero attached hydrogens (tertiary/aromatic N) is 1.